The van der Waals surface area contributed by atoms with Crippen LogP contribution in [0.2, 0.25) is 0 Å². The number of thiocarbonyl (C=S) groups is 1. The lowest BCUT2D eigenvalue weighted by atomic mass is 10.2. The van der Waals surface area contributed by atoms with E-state index in [0.717, 1.165) is 0 Å². The van der Waals surface area contributed by atoms with Crippen molar-refractivity contribution in [2.75, 3.05) is 19.5 Å². The lowest BCUT2D eigenvalue weighted by Gasteiger charge is -2.14. The van der Waals surface area contributed by atoms with Gasteiger partial charge in [-0.3, -0.25) is 0 Å². The van der Waals surface area contributed by atoms with Gasteiger partial charge in [0, 0.05) is 6.07 Å². The van der Waals surface area contributed by atoms with Crippen molar-refractivity contribution < 1.29 is 19.3 Å². The van der Waals surface area contributed by atoms with Crippen LogP contribution in [-0.4, -0.2) is 24.5 Å². The SMILES string of the molecule is COc1ccc(OC)c(NC(=S)Oc2ccccc2O)c1. The van der Waals surface area contributed by atoms with E-state index in [2.05, 4.69) is 5.32 Å². The fraction of sp³-hybridized carbons (Fsp3) is 0.133. The molecule has 0 aliphatic rings. The number of aromatic hydroxyl groups is 1. The predicted molar refractivity (Wildman–Crippen MR) is 84.5 cm³/mol. The molecule has 6 heteroatoms. The summed E-state index contributed by atoms with van der Waals surface area (Å²) in [6.07, 6.45) is 0. The maximum atomic E-state index is 9.65. The third-order valence-corrected chi connectivity index (χ3v) is 2.90. The van der Waals surface area contributed by atoms with Crippen LogP contribution in [0.3, 0.4) is 0 Å². The van der Waals surface area contributed by atoms with Gasteiger partial charge >= 0.3 is 0 Å². The first kappa shape index (κ1) is 14.9. The quantitative estimate of drug-likeness (QED) is 0.846. The number of para-hydroxylation sites is 2. The van der Waals surface area contributed by atoms with Crippen LogP contribution in [0.15, 0.2) is 42.5 Å². The van der Waals surface area contributed by atoms with Gasteiger partial charge in [-0.15, -0.1) is 0 Å². The van der Waals surface area contributed by atoms with Crippen molar-refractivity contribution >= 4 is 23.1 Å². The summed E-state index contributed by atoms with van der Waals surface area (Å²) in [5.74, 6) is 1.54. The lowest BCUT2D eigenvalue weighted by Crippen LogP contribution is -2.17. The fourth-order valence-corrected chi connectivity index (χ4v) is 1.89. The van der Waals surface area contributed by atoms with Crippen molar-refractivity contribution in [3.05, 3.63) is 42.5 Å². The van der Waals surface area contributed by atoms with Gasteiger partial charge in [-0.2, -0.15) is 0 Å². The Morgan fingerprint density at radius 2 is 1.81 bits per heavy atom. The minimum Gasteiger partial charge on any atom is -0.504 e. The molecule has 2 N–H and O–H groups in total. The van der Waals surface area contributed by atoms with Crippen molar-refractivity contribution in [2.45, 2.75) is 0 Å². The van der Waals surface area contributed by atoms with E-state index in [-0.39, 0.29) is 16.7 Å². The molecule has 0 radical (unpaired) electrons. The third-order valence-electron chi connectivity index (χ3n) is 2.71. The Bertz CT molecular complexity index is 645. The highest BCUT2D eigenvalue weighted by molar-refractivity contribution is 7.80. The molecule has 0 heterocycles. The van der Waals surface area contributed by atoms with Crippen LogP contribution in [0.25, 0.3) is 0 Å². The van der Waals surface area contributed by atoms with Crippen LogP contribution < -0.4 is 19.5 Å². The number of ether oxygens (including phenoxy) is 3. The first-order chi connectivity index (χ1) is 10.1. The van der Waals surface area contributed by atoms with E-state index in [1.807, 2.05) is 0 Å². The number of hydrogen-bond donors (Lipinski definition) is 2. The molecule has 0 atom stereocenters. The second-order valence-electron chi connectivity index (χ2n) is 4.05. The summed E-state index contributed by atoms with van der Waals surface area (Å²) >= 11 is 5.12. The van der Waals surface area contributed by atoms with E-state index in [1.54, 1.807) is 50.6 Å². The normalized spacial score (nSPS) is 9.81. The molecular formula is C15H15NO4S. The van der Waals surface area contributed by atoms with E-state index in [1.165, 1.54) is 6.07 Å². The minimum absolute atomic E-state index is 0.0132. The Kier molecular flexibility index (Phi) is 4.84. The van der Waals surface area contributed by atoms with Crippen molar-refractivity contribution in [1.29, 1.82) is 0 Å². The summed E-state index contributed by atoms with van der Waals surface area (Å²) < 4.78 is 15.8. The Morgan fingerprint density at radius 3 is 2.48 bits per heavy atom. The van der Waals surface area contributed by atoms with Gasteiger partial charge in [-0.1, -0.05) is 12.1 Å². The highest BCUT2D eigenvalue weighted by atomic mass is 32.1. The molecule has 0 saturated carbocycles. The minimum atomic E-state index is 0.0132. The molecule has 0 spiro atoms. The van der Waals surface area contributed by atoms with E-state index in [0.29, 0.717) is 17.2 Å². The zero-order chi connectivity index (χ0) is 15.2. The number of anilines is 1. The fourth-order valence-electron chi connectivity index (χ4n) is 1.69. The highest BCUT2D eigenvalue weighted by Crippen LogP contribution is 2.30. The Balaban J connectivity index is 2.14. The summed E-state index contributed by atoms with van der Waals surface area (Å²) in [5.41, 5.74) is 0.609. The molecule has 0 amide bonds. The molecule has 0 unspecified atom stereocenters. The second kappa shape index (κ2) is 6.81. The maximum absolute atomic E-state index is 9.65. The molecular weight excluding hydrogens is 290 g/mol. The van der Waals surface area contributed by atoms with Crippen molar-refractivity contribution in [3.8, 4) is 23.0 Å². The van der Waals surface area contributed by atoms with Gasteiger partial charge in [-0.25, -0.2) is 0 Å². The standard InChI is InChI=1S/C15H15NO4S/c1-18-10-7-8-13(19-2)11(9-10)16-15(21)20-14-6-4-3-5-12(14)17/h3-9,17H,1-2H3,(H,16,21). The molecule has 2 aromatic rings. The van der Waals surface area contributed by atoms with Crippen LogP contribution in [0.1, 0.15) is 0 Å². The van der Waals surface area contributed by atoms with Gasteiger partial charge in [-0.05, 0) is 36.5 Å². The van der Waals surface area contributed by atoms with Crippen LogP contribution in [0.5, 0.6) is 23.0 Å². The molecule has 0 bridgehead atoms. The van der Waals surface area contributed by atoms with Gasteiger partial charge in [0.2, 0.25) is 0 Å². The lowest BCUT2D eigenvalue weighted by molar-refractivity contribution is 0.404. The Hall–Kier alpha value is -2.47. The van der Waals surface area contributed by atoms with E-state index < -0.39 is 0 Å². The van der Waals surface area contributed by atoms with E-state index in [9.17, 15) is 5.11 Å². The number of phenols is 1. The van der Waals surface area contributed by atoms with Crippen LogP contribution >= 0.6 is 12.2 Å². The molecule has 5 nitrogen and oxygen atoms in total. The highest BCUT2D eigenvalue weighted by Gasteiger charge is 2.09. The molecule has 0 aliphatic carbocycles. The number of benzene rings is 2. The van der Waals surface area contributed by atoms with Crippen molar-refractivity contribution in [1.82, 2.24) is 0 Å². The average molecular weight is 305 g/mol. The van der Waals surface area contributed by atoms with Crippen LogP contribution in [0.4, 0.5) is 5.69 Å². The van der Waals surface area contributed by atoms with Gasteiger partial charge in [0.15, 0.2) is 11.5 Å². The summed E-state index contributed by atoms with van der Waals surface area (Å²) in [5, 5.41) is 12.6. The topological polar surface area (TPSA) is 60.0 Å². The Morgan fingerprint density at radius 1 is 1.05 bits per heavy atom. The molecule has 0 aromatic heterocycles. The number of methoxy groups -OCH3 is 2. The van der Waals surface area contributed by atoms with E-state index in [4.69, 9.17) is 26.4 Å². The predicted octanol–water partition coefficient (Wildman–Crippen LogP) is 3.19. The smallest absolute Gasteiger partial charge is 0.266 e. The third kappa shape index (κ3) is 3.76. The van der Waals surface area contributed by atoms with Gasteiger partial charge in [0.25, 0.3) is 5.17 Å². The number of rotatable bonds is 4. The van der Waals surface area contributed by atoms with Crippen LogP contribution in [0, 0.1) is 0 Å². The summed E-state index contributed by atoms with van der Waals surface area (Å²) in [7, 11) is 3.13. The first-order valence-electron chi connectivity index (χ1n) is 6.13. The maximum Gasteiger partial charge on any atom is 0.266 e. The summed E-state index contributed by atoms with van der Waals surface area (Å²) in [6, 6.07) is 11.8. The second-order valence-corrected chi connectivity index (χ2v) is 4.42. The average Bonchev–Trinajstić information content (AvgIpc) is 2.49. The van der Waals surface area contributed by atoms with Gasteiger partial charge in [0.05, 0.1) is 19.9 Å². The molecule has 2 rings (SSSR count). The largest absolute Gasteiger partial charge is 0.504 e. The first-order valence-corrected chi connectivity index (χ1v) is 6.53. The van der Waals surface area contributed by atoms with Crippen LogP contribution in [-0.2, 0) is 0 Å². The Labute approximate surface area is 128 Å². The molecule has 0 fully saturated rings. The monoisotopic (exact) mass is 305 g/mol. The number of hydrogen-bond acceptors (Lipinski definition) is 5. The zero-order valence-corrected chi connectivity index (χ0v) is 12.4. The van der Waals surface area contributed by atoms with Crippen molar-refractivity contribution in [3.63, 3.8) is 0 Å². The summed E-state index contributed by atoms with van der Waals surface area (Å²) in [6.45, 7) is 0. The zero-order valence-electron chi connectivity index (χ0n) is 11.6. The molecule has 21 heavy (non-hydrogen) atoms. The van der Waals surface area contributed by atoms with Gasteiger partial charge < -0.3 is 24.6 Å². The van der Waals surface area contributed by atoms with E-state index >= 15 is 0 Å². The summed E-state index contributed by atoms with van der Waals surface area (Å²) in [4.78, 5) is 0. The van der Waals surface area contributed by atoms with Gasteiger partial charge in [0.1, 0.15) is 11.5 Å². The molecule has 2 aromatic carbocycles. The number of nitrogens with one attached hydrogen (secondary N) is 1. The molecule has 110 valence electrons. The van der Waals surface area contributed by atoms with Crippen molar-refractivity contribution in [2.24, 2.45) is 0 Å². The number of phenolic OH excluding ortho intramolecular Hbond substituents is 1. The molecule has 0 saturated heterocycles. The molecule has 0 aliphatic heterocycles.